The first-order chi connectivity index (χ1) is 9.66. The van der Waals surface area contributed by atoms with Crippen molar-refractivity contribution in [3.05, 3.63) is 27.8 Å². The number of rotatable bonds is 4. The van der Waals surface area contributed by atoms with Crippen molar-refractivity contribution in [3.8, 4) is 0 Å². The Morgan fingerprint density at radius 1 is 1.24 bits per heavy atom. The van der Waals surface area contributed by atoms with Crippen LogP contribution in [-0.4, -0.2) is 28.0 Å². The van der Waals surface area contributed by atoms with Crippen molar-refractivity contribution in [2.24, 2.45) is 7.05 Å². The van der Waals surface area contributed by atoms with Gasteiger partial charge in [0.1, 0.15) is 4.90 Å². The van der Waals surface area contributed by atoms with Gasteiger partial charge < -0.3 is 0 Å². The fourth-order valence-corrected chi connectivity index (χ4v) is 4.20. The lowest BCUT2D eigenvalue weighted by Gasteiger charge is -2.06. The zero-order chi connectivity index (χ0) is 15.9. The Bertz CT molecular complexity index is 793. The summed E-state index contributed by atoms with van der Waals surface area (Å²) in [6.07, 6.45) is 0.727. The van der Waals surface area contributed by atoms with Crippen LogP contribution in [0.25, 0.3) is 0 Å². The molecule has 2 rings (SSSR count). The van der Waals surface area contributed by atoms with Gasteiger partial charge in [-0.2, -0.15) is 10.2 Å². The molecule has 0 saturated carbocycles. The first-order valence-electron chi connectivity index (χ1n) is 6.35. The molecule has 0 aliphatic carbocycles. The highest BCUT2D eigenvalue weighted by molar-refractivity contribution is 8.13. The van der Waals surface area contributed by atoms with Crippen molar-refractivity contribution in [2.75, 3.05) is 0 Å². The SMILES string of the molecule is CCc1nn(C)c(Cn2nc(C)c(S(=O)(=O)Cl)c2C)c1Cl. The average Bonchev–Trinajstić information content (AvgIpc) is 2.79. The molecule has 2 aromatic heterocycles. The Hall–Kier alpha value is -1.05. The first-order valence-corrected chi connectivity index (χ1v) is 9.04. The van der Waals surface area contributed by atoms with E-state index in [1.54, 1.807) is 30.3 Å². The van der Waals surface area contributed by atoms with Gasteiger partial charge in [-0.05, 0) is 20.3 Å². The van der Waals surface area contributed by atoms with Gasteiger partial charge in [-0.3, -0.25) is 9.36 Å². The van der Waals surface area contributed by atoms with E-state index in [-0.39, 0.29) is 4.90 Å². The molecule has 21 heavy (non-hydrogen) atoms. The molecule has 0 bridgehead atoms. The zero-order valence-corrected chi connectivity index (χ0v) is 14.5. The molecule has 9 heteroatoms. The molecule has 0 amide bonds. The van der Waals surface area contributed by atoms with E-state index >= 15 is 0 Å². The molecule has 0 spiro atoms. The summed E-state index contributed by atoms with van der Waals surface area (Å²) in [5, 5.41) is 9.16. The van der Waals surface area contributed by atoms with E-state index in [0.29, 0.717) is 23.0 Å². The molecule has 116 valence electrons. The normalized spacial score (nSPS) is 12.1. The maximum Gasteiger partial charge on any atom is 0.264 e. The third-order valence-corrected chi connectivity index (χ3v) is 5.34. The Labute approximate surface area is 133 Å². The molecule has 0 N–H and O–H groups in total. The Kier molecular flexibility index (Phi) is 4.37. The third-order valence-electron chi connectivity index (χ3n) is 3.36. The number of nitrogens with zero attached hydrogens (tertiary/aromatic N) is 4. The summed E-state index contributed by atoms with van der Waals surface area (Å²) in [6, 6.07) is 0. The van der Waals surface area contributed by atoms with Crippen molar-refractivity contribution in [3.63, 3.8) is 0 Å². The lowest BCUT2D eigenvalue weighted by Crippen LogP contribution is -2.09. The molecular weight excluding hydrogens is 335 g/mol. The predicted molar refractivity (Wildman–Crippen MR) is 81.4 cm³/mol. The standard InChI is InChI=1S/C12H16Cl2N4O2S/c1-5-9-11(13)10(17(4)16-9)6-18-8(3)12(7(2)15-18)21(14,19)20/h5-6H2,1-4H3. The highest BCUT2D eigenvalue weighted by atomic mass is 35.7. The molecule has 0 aromatic carbocycles. The van der Waals surface area contributed by atoms with E-state index in [4.69, 9.17) is 22.3 Å². The second-order valence-corrected chi connectivity index (χ2v) is 7.66. The Morgan fingerprint density at radius 3 is 2.29 bits per heavy atom. The van der Waals surface area contributed by atoms with Gasteiger partial charge in [0.15, 0.2) is 0 Å². The molecule has 0 atom stereocenters. The van der Waals surface area contributed by atoms with Crippen LogP contribution in [0.5, 0.6) is 0 Å². The van der Waals surface area contributed by atoms with Crippen molar-refractivity contribution in [1.82, 2.24) is 19.6 Å². The number of hydrogen-bond donors (Lipinski definition) is 0. The van der Waals surface area contributed by atoms with E-state index in [9.17, 15) is 8.42 Å². The maximum atomic E-state index is 11.6. The van der Waals surface area contributed by atoms with Crippen LogP contribution in [-0.2, 0) is 29.1 Å². The largest absolute Gasteiger partial charge is 0.269 e. The summed E-state index contributed by atoms with van der Waals surface area (Å²) in [7, 11) is 3.42. The van der Waals surface area contributed by atoms with Gasteiger partial charge in [0.05, 0.1) is 34.3 Å². The summed E-state index contributed by atoms with van der Waals surface area (Å²) in [5.41, 5.74) is 2.44. The third kappa shape index (κ3) is 2.95. The van der Waals surface area contributed by atoms with Crippen molar-refractivity contribution >= 4 is 31.3 Å². The van der Waals surface area contributed by atoms with E-state index in [2.05, 4.69) is 10.2 Å². The summed E-state index contributed by atoms with van der Waals surface area (Å²) in [4.78, 5) is 0.0539. The number of aryl methyl sites for hydroxylation is 3. The molecule has 6 nitrogen and oxygen atoms in total. The highest BCUT2D eigenvalue weighted by Gasteiger charge is 2.23. The minimum absolute atomic E-state index is 0.0539. The molecule has 0 saturated heterocycles. The lowest BCUT2D eigenvalue weighted by molar-refractivity contribution is 0.598. The molecular formula is C12H16Cl2N4O2S. The van der Waals surface area contributed by atoms with E-state index in [1.165, 1.54) is 0 Å². The van der Waals surface area contributed by atoms with Gasteiger partial charge in [-0.25, -0.2) is 8.42 Å². The van der Waals surface area contributed by atoms with Gasteiger partial charge in [-0.1, -0.05) is 18.5 Å². The maximum absolute atomic E-state index is 11.6. The number of hydrogen-bond acceptors (Lipinski definition) is 4. The van der Waals surface area contributed by atoms with Crippen molar-refractivity contribution in [1.29, 1.82) is 0 Å². The zero-order valence-electron chi connectivity index (χ0n) is 12.2. The summed E-state index contributed by atoms with van der Waals surface area (Å²) < 4.78 is 26.4. The second-order valence-electron chi connectivity index (χ2n) is 4.78. The topological polar surface area (TPSA) is 69.8 Å². The molecule has 0 unspecified atom stereocenters. The van der Waals surface area contributed by atoms with Gasteiger partial charge in [-0.15, -0.1) is 0 Å². The van der Waals surface area contributed by atoms with Gasteiger partial charge in [0.2, 0.25) is 0 Å². The van der Waals surface area contributed by atoms with E-state index < -0.39 is 9.05 Å². The minimum Gasteiger partial charge on any atom is -0.269 e. The fraction of sp³-hybridized carbons (Fsp3) is 0.500. The van der Waals surface area contributed by atoms with Crippen LogP contribution >= 0.6 is 22.3 Å². The monoisotopic (exact) mass is 350 g/mol. The molecule has 0 aliphatic heterocycles. The number of halogens is 2. The summed E-state index contributed by atoms with van der Waals surface area (Å²) >= 11 is 6.30. The number of aromatic nitrogens is 4. The Morgan fingerprint density at radius 2 is 1.86 bits per heavy atom. The summed E-state index contributed by atoms with van der Waals surface area (Å²) in [5.74, 6) is 0. The van der Waals surface area contributed by atoms with Crippen LogP contribution < -0.4 is 0 Å². The molecule has 0 fully saturated rings. The van der Waals surface area contributed by atoms with Crippen LogP contribution in [0, 0.1) is 13.8 Å². The van der Waals surface area contributed by atoms with Crippen LogP contribution in [0.4, 0.5) is 0 Å². The Balaban J connectivity index is 2.49. The molecule has 2 heterocycles. The molecule has 2 aromatic rings. The average molecular weight is 351 g/mol. The molecule has 0 radical (unpaired) electrons. The van der Waals surface area contributed by atoms with E-state index in [1.807, 2.05) is 6.92 Å². The first kappa shape index (κ1) is 16.3. The lowest BCUT2D eigenvalue weighted by atomic mass is 10.3. The second kappa shape index (κ2) is 5.62. The van der Waals surface area contributed by atoms with Crippen LogP contribution in [0.1, 0.15) is 29.7 Å². The summed E-state index contributed by atoms with van der Waals surface area (Å²) in [6.45, 7) is 5.59. The van der Waals surface area contributed by atoms with Gasteiger partial charge >= 0.3 is 0 Å². The smallest absolute Gasteiger partial charge is 0.264 e. The van der Waals surface area contributed by atoms with E-state index in [0.717, 1.165) is 17.8 Å². The van der Waals surface area contributed by atoms with Crippen LogP contribution in [0.2, 0.25) is 5.02 Å². The highest BCUT2D eigenvalue weighted by Crippen LogP contribution is 2.26. The van der Waals surface area contributed by atoms with Crippen molar-refractivity contribution < 1.29 is 8.42 Å². The van der Waals surface area contributed by atoms with Crippen LogP contribution in [0.3, 0.4) is 0 Å². The van der Waals surface area contributed by atoms with Crippen molar-refractivity contribution in [2.45, 2.75) is 38.6 Å². The quantitative estimate of drug-likeness (QED) is 0.794. The van der Waals surface area contributed by atoms with Gasteiger partial charge in [0.25, 0.3) is 9.05 Å². The minimum atomic E-state index is -3.82. The molecule has 0 aliphatic rings. The predicted octanol–water partition coefficient (Wildman–Crippen LogP) is 2.43. The fourth-order valence-electron chi connectivity index (χ4n) is 2.32. The van der Waals surface area contributed by atoms with Crippen LogP contribution in [0.15, 0.2) is 4.90 Å². The van der Waals surface area contributed by atoms with Gasteiger partial charge in [0, 0.05) is 17.7 Å².